The highest BCUT2D eigenvalue weighted by molar-refractivity contribution is 6.31. The predicted octanol–water partition coefficient (Wildman–Crippen LogP) is 3.72. The van der Waals surface area contributed by atoms with Crippen LogP contribution in [0.5, 0.6) is 0 Å². The fourth-order valence-electron chi connectivity index (χ4n) is 2.20. The van der Waals surface area contributed by atoms with E-state index in [4.69, 9.17) is 21.8 Å². The maximum absolute atomic E-state index is 6.27. The van der Waals surface area contributed by atoms with Crippen molar-refractivity contribution in [2.45, 2.75) is 12.5 Å². The SMILES string of the molecule is NC(Cc1ccncc1Cl)c1coc2ccccc12. The Morgan fingerprint density at radius 3 is 2.95 bits per heavy atom. The van der Waals surface area contributed by atoms with Crippen molar-refractivity contribution in [3.63, 3.8) is 0 Å². The first kappa shape index (κ1) is 12.2. The Morgan fingerprint density at radius 1 is 1.26 bits per heavy atom. The summed E-state index contributed by atoms with van der Waals surface area (Å²) in [4.78, 5) is 3.97. The number of hydrogen-bond acceptors (Lipinski definition) is 3. The molecule has 2 aromatic heterocycles. The number of pyridine rings is 1. The average Bonchev–Trinajstić information content (AvgIpc) is 2.85. The highest BCUT2D eigenvalue weighted by atomic mass is 35.5. The summed E-state index contributed by atoms with van der Waals surface area (Å²) in [5.41, 5.74) is 9.12. The van der Waals surface area contributed by atoms with E-state index in [1.807, 2.05) is 30.3 Å². The molecule has 2 heterocycles. The number of hydrogen-bond donors (Lipinski definition) is 1. The van der Waals surface area contributed by atoms with E-state index >= 15 is 0 Å². The lowest BCUT2D eigenvalue weighted by Crippen LogP contribution is -2.13. The molecule has 4 heteroatoms. The van der Waals surface area contributed by atoms with Crippen molar-refractivity contribution >= 4 is 22.6 Å². The van der Waals surface area contributed by atoms with Crippen LogP contribution in [0.15, 0.2) is 53.4 Å². The minimum absolute atomic E-state index is 0.149. The third kappa shape index (κ3) is 2.35. The van der Waals surface area contributed by atoms with Crippen molar-refractivity contribution in [3.05, 3.63) is 65.1 Å². The van der Waals surface area contributed by atoms with Gasteiger partial charge in [-0.2, -0.15) is 0 Å². The summed E-state index contributed by atoms with van der Waals surface area (Å²) in [6.45, 7) is 0. The molecule has 0 aliphatic carbocycles. The Hall–Kier alpha value is -1.84. The molecule has 1 atom stereocenters. The number of rotatable bonds is 3. The monoisotopic (exact) mass is 272 g/mol. The fourth-order valence-corrected chi connectivity index (χ4v) is 2.40. The Bertz CT molecular complexity index is 708. The molecular formula is C15H13ClN2O. The molecule has 0 bridgehead atoms. The summed E-state index contributed by atoms with van der Waals surface area (Å²) < 4.78 is 5.51. The molecule has 19 heavy (non-hydrogen) atoms. The summed E-state index contributed by atoms with van der Waals surface area (Å²) >= 11 is 6.11. The van der Waals surface area contributed by atoms with Crippen LogP contribution in [0.4, 0.5) is 0 Å². The van der Waals surface area contributed by atoms with Crippen LogP contribution in [0.1, 0.15) is 17.2 Å². The fraction of sp³-hybridized carbons (Fsp3) is 0.133. The van der Waals surface area contributed by atoms with Crippen molar-refractivity contribution in [2.24, 2.45) is 5.73 Å². The maximum atomic E-state index is 6.27. The lowest BCUT2D eigenvalue weighted by atomic mass is 10.00. The number of halogens is 1. The first-order chi connectivity index (χ1) is 9.25. The summed E-state index contributed by atoms with van der Waals surface area (Å²) in [5, 5.41) is 1.70. The van der Waals surface area contributed by atoms with Gasteiger partial charge in [-0.1, -0.05) is 29.8 Å². The van der Waals surface area contributed by atoms with Gasteiger partial charge in [-0.3, -0.25) is 4.98 Å². The van der Waals surface area contributed by atoms with Crippen LogP contribution < -0.4 is 5.73 Å². The maximum Gasteiger partial charge on any atom is 0.134 e. The summed E-state index contributed by atoms with van der Waals surface area (Å²) in [6.07, 6.45) is 5.74. The molecule has 3 aromatic rings. The van der Waals surface area contributed by atoms with Crippen molar-refractivity contribution in [3.8, 4) is 0 Å². The Kier molecular flexibility index (Phi) is 3.23. The number of para-hydroxylation sites is 1. The van der Waals surface area contributed by atoms with Gasteiger partial charge in [0.05, 0.1) is 11.3 Å². The van der Waals surface area contributed by atoms with Gasteiger partial charge >= 0.3 is 0 Å². The van der Waals surface area contributed by atoms with E-state index in [0.717, 1.165) is 22.1 Å². The average molecular weight is 273 g/mol. The van der Waals surface area contributed by atoms with Crippen molar-refractivity contribution in [2.75, 3.05) is 0 Å². The second-order valence-corrected chi connectivity index (χ2v) is 4.87. The van der Waals surface area contributed by atoms with Gasteiger partial charge in [-0.25, -0.2) is 0 Å². The van der Waals surface area contributed by atoms with E-state index in [9.17, 15) is 0 Å². The molecule has 0 saturated carbocycles. The van der Waals surface area contributed by atoms with Crippen LogP contribution in [0.2, 0.25) is 5.02 Å². The molecule has 3 rings (SSSR count). The van der Waals surface area contributed by atoms with E-state index in [-0.39, 0.29) is 6.04 Å². The molecule has 1 unspecified atom stereocenters. The molecule has 0 spiro atoms. The van der Waals surface area contributed by atoms with Crippen molar-refractivity contribution < 1.29 is 4.42 Å². The highest BCUT2D eigenvalue weighted by Crippen LogP contribution is 2.28. The summed E-state index contributed by atoms with van der Waals surface area (Å²) in [6, 6.07) is 9.62. The Labute approximate surface area is 116 Å². The minimum atomic E-state index is -0.149. The molecule has 0 aliphatic rings. The Morgan fingerprint density at radius 2 is 2.11 bits per heavy atom. The summed E-state index contributed by atoms with van der Waals surface area (Å²) in [7, 11) is 0. The van der Waals surface area contributed by atoms with Crippen molar-refractivity contribution in [1.29, 1.82) is 0 Å². The molecule has 0 aliphatic heterocycles. The zero-order chi connectivity index (χ0) is 13.2. The topological polar surface area (TPSA) is 52.0 Å². The third-order valence-corrected chi connectivity index (χ3v) is 3.55. The number of aromatic nitrogens is 1. The molecule has 0 fully saturated rings. The van der Waals surface area contributed by atoms with E-state index in [1.54, 1.807) is 18.7 Å². The minimum Gasteiger partial charge on any atom is -0.464 e. The van der Waals surface area contributed by atoms with Gasteiger partial charge in [0, 0.05) is 29.4 Å². The lowest BCUT2D eigenvalue weighted by molar-refractivity contribution is 0.599. The summed E-state index contributed by atoms with van der Waals surface area (Å²) in [5.74, 6) is 0. The number of benzene rings is 1. The predicted molar refractivity (Wildman–Crippen MR) is 76.1 cm³/mol. The van der Waals surface area contributed by atoms with Crippen LogP contribution in [0, 0.1) is 0 Å². The number of fused-ring (bicyclic) bond motifs is 1. The third-order valence-electron chi connectivity index (χ3n) is 3.21. The van der Waals surface area contributed by atoms with Gasteiger partial charge in [-0.05, 0) is 24.1 Å². The molecule has 0 radical (unpaired) electrons. The Balaban J connectivity index is 1.92. The largest absolute Gasteiger partial charge is 0.464 e. The molecule has 1 aromatic carbocycles. The quantitative estimate of drug-likeness (QED) is 0.790. The first-order valence-corrected chi connectivity index (χ1v) is 6.43. The zero-order valence-corrected chi connectivity index (χ0v) is 11.0. The molecule has 96 valence electrons. The van der Waals surface area contributed by atoms with Gasteiger partial charge < -0.3 is 10.2 Å². The van der Waals surface area contributed by atoms with Crippen molar-refractivity contribution in [1.82, 2.24) is 4.98 Å². The van der Waals surface area contributed by atoms with E-state index < -0.39 is 0 Å². The second-order valence-electron chi connectivity index (χ2n) is 4.46. The van der Waals surface area contributed by atoms with E-state index in [1.165, 1.54) is 0 Å². The van der Waals surface area contributed by atoms with Gasteiger partial charge in [-0.15, -0.1) is 0 Å². The zero-order valence-electron chi connectivity index (χ0n) is 10.2. The molecule has 0 saturated heterocycles. The van der Waals surface area contributed by atoms with Crippen LogP contribution in [-0.4, -0.2) is 4.98 Å². The van der Waals surface area contributed by atoms with Crippen LogP contribution in [0.25, 0.3) is 11.0 Å². The number of nitrogens with two attached hydrogens (primary N) is 1. The highest BCUT2D eigenvalue weighted by Gasteiger charge is 2.14. The second kappa shape index (κ2) is 5.03. The van der Waals surface area contributed by atoms with Gasteiger partial charge in [0.25, 0.3) is 0 Å². The standard InChI is InChI=1S/C15H13ClN2O/c16-13-8-18-6-5-10(13)7-14(17)12-9-19-15-4-2-1-3-11(12)15/h1-6,8-9,14H,7,17H2. The molecule has 0 amide bonds. The molecule has 2 N–H and O–H groups in total. The first-order valence-electron chi connectivity index (χ1n) is 6.06. The van der Waals surface area contributed by atoms with Gasteiger partial charge in [0.15, 0.2) is 0 Å². The smallest absolute Gasteiger partial charge is 0.134 e. The van der Waals surface area contributed by atoms with E-state index in [2.05, 4.69) is 4.98 Å². The van der Waals surface area contributed by atoms with Crippen LogP contribution >= 0.6 is 11.6 Å². The van der Waals surface area contributed by atoms with E-state index in [0.29, 0.717) is 11.4 Å². The number of nitrogens with zero attached hydrogens (tertiary/aromatic N) is 1. The van der Waals surface area contributed by atoms with Crippen LogP contribution in [0.3, 0.4) is 0 Å². The van der Waals surface area contributed by atoms with Gasteiger partial charge in [0.1, 0.15) is 5.58 Å². The van der Waals surface area contributed by atoms with Gasteiger partial charge in [0.2, 0.25) is 0 Å². The lowest BCUT2D eigenvalue weighted by Gasteiger charge is -2.11. The molecule has 3 nitrogen and oxygen atoms in total. The number of furan rings is 1. The normalized spacial score (nSPS) is 12.7. The molecular weight excluding hydrogens is 260 g/mol. The van der Waals surface area contributed by atoms with Crippen LogP contribution in [-0.2, 0) is 6.42 Å².